The third-order valence-electron chi connectivity index (χ3n) is 6.30. The van der Waals surface area contributed by atoms with Gasteiger partial charge in [0.15, 0.2) is 5.69 Å². The number of likely N-dealkylation sites (tertiary alicyclic amines) is 1. The van der Waals surface area contributed by atoms with Gasteiger partial charge in [-0.2, -0.15) is 0 Å². The highest BCUT2D eigenvalue weighted by Gasteiger charge is 2.35. The van der Waals surface area contributed by atoms with Crippen molar-refractivity contribution in [2.75, 3.05) is 13.1 Å². The minimum atomic E-state index is -0.202. The molecule has 1 aliphatic carbocycles. The van der Waals surface area contributed by atoms with Gasteiger partial charge in [0.1, 0.15) is 0 Å². The van der Waals surface area contributed by atoms with Gasteiger partial charge in [-0.25, -0.2) is 4.85 Å². The number of benzene rings is 2. The molecule has 0 aromatic heterocycles. The normalized spacial score (nSPS) is 20.8. The minimum Gasteiger partial charge on any atom is -0.321 e. The van der Waals surface area contributed by atoms with Crippen molar-refractivity contribution in [1.82, 2.24) is 4.90 Å². The van der Waals surface area contributed by atoms with E-state index < -0.39 is 0 Å². The molecule has 0 spiro atoms. The van der Waals surface area contributed by atoms with Crippen LogP contribution in [0.1, 0.15) is 44.1 Å². The Bertz CT molecular complexity index is 789. The summed E-state index contributed by atoms with van der Waals surface area (Å²) in [6.07, 6.45) is 7.61. The molecule has 2 aromatic carbocycles. The van der Waals surface area contributed by atoms with Crippen molar-refractivity contribution in [2.24, 2.45) is 5.73 Å². The van der Waals surface area contributed by atoms with E-state index in [1.54, 1.807) is 0 Å². The number of rotatable bonds is 3. The van der Waals surface area contributed by atoms with Crippen LogP contribution >= 0.6 is 0 Å². The van der Waals surface area contributed by atoms with Crippen molar-refractivity contribution in [3.63, 3.8) is 0 Å². The van der Waals surface area contributed by atoms with E-state index in [0.717, 1.165) is 43.1 Å². The summed E-state index contributed by atoms with van der Waals surface area (Å²) in [5.41, 5.74) is 10.8. The molecule has 1 saturated heterocycles. The van der Waals surface area contributed by atoms with Crippen molar-refractivity contribution in [3.05, 3.63) is 65.5 Å². The number of piperidine rings is 1. The lowest BCUT2D eigenvalue weighted by atomic mass is 9.81. The van der Waals surface area contributed by atoms with E-state index in [9.17, 15) is 0 Å². The Hall–Kier alpha value is -2.15. The zero-order chi connectivity index (χ0) is 18.0. The van der Waals surface area contributed by atoms with Crippen molar-refractivity contribution < 1.29 is 0 Å². The molecule has 1 saturated carbocycles. The maximum absolute atomic E-state index is 7.18. The van der Waals surface area contributed by atoms with Gasteiger partial charge in [-0.3, -0.25) is 0 Å². The topological polar surface area (TPSA) is 33.6 Å². The van der Waals surface area contributed by atoms with Crippen LogP contribution in [-0.4, -0.2) is 24.0 Å². The van der Waals surface area contributed by atoms with Crippen molar-refractivity contribution in [2.45, 2.75) is 50.1 Å². The predicted molar refractivity (Wildman–Crippen MR) is 107 cm³/mol. The largest absolute Gasteiger partial charge is 0.321 e. The first-order chi connectivity index (χ1) is 12.7. The molecule has 0 amide bonds. The molecule has 4 rings (SSSR count). The van der Waals surface area contributed by atoms with E-state index in [4.69, 9.17) is 12.3 Å². The van der Waals surface area contributed by atoms with Crippen LogP contribution in [-0.2, 0) is 5.54 Å². The van der Waals surface area contributed by atoms with Gasteiger partial charge in [-0.15, -0.1) is 0 Å². The zero-order valence-electron chi connectivity index (χ0n) is 15.3. The molecular formula is C23H27N3. The predicted octanol–water partition coefficient (Wildman–Crippen LogP) is 5.10. The Morgan fingerprint density at radius 1 is 0.962 bits per heavy atom. The average molecular weight is 345 g/mol. The summed E-state index contributed by atoms with van der Waals surface area (Å²) in [6, 6.07) is 17.3. The van der Waals surface area contributed by atoms with Crippen LogP contribution in [0.4, 0.5) is 5.69 Å². The van der Waals surface area contributed by atoms with Crippen molar-refractivity contribution >= 4 is 5.69 Å². The Morgan fingerprint density at radius 2 is 1.65 bits per heavy atom. The van der Waals surface area contributed by atoms with Crippen LogP contribution in [0.25, 0.3) is 16.0 Å². The second kappa shape index (κ2) is 7.23. The molecule has 26 heavy (non-hydrogen) atoms. The van der Waals surface area contributed by atoms with Gasteiger partial charge >= 0.3 is 0 Å². The minimum absolute atomic E-state index is 0.202. The van der Waals surface area contributed by atoms with Gasteiger partial charge in [-0.1, -0.05) is 55.3 Å². The van der Waals surface area contributed by atoms with Gasteiger partial charge in [0.25, 0.3) is 0 Å². The molecule has 3 nitrogen and oxygen atoms in total. The summed E-state index contributed by atoms with van der Waals surface area (Å²) in [5.74, 6) is 0. The first kappa shape index (κ1) is 17.3. The van der Waals surface area contributed by atoms with Crippen LogP contribution in [0.3, 0.4) is 0 Å². The molecule has 0 radical (unpaired) electrons. The molecule has 0 bridgehead atoms. The van der Waals surface area contributed by atoms with E-state index in [1.165, 1.54) is 31.2 Å². The fourth-order valence-corrected chi connectivity index (χ4v) is 4.60. The summed E-state index contributed by atoms with van der Waals surface area (Å²) in [6.45, 7) is 9.42. The monoisotopic (exact) mass is 345 g/mol. The van der Waals surface area contributed by atoms with Crippen LogP contribution in [0.15, 0.2) is 48.5 Å². The zero-order valence-corrected chi connectivity index (χ0v) is 15.3. The quantitative estimate of drug-likeness (QED) is 0.786. The van der Waals surface area contributed by atoms with Gasteiger partial charge in [0, 0.05) is 24.7 Å². The van der Waals surface area contributed by atoms with Crippen LogP contribution in [0.2, 0.25) is 0 Å². The second-order valence-corrected chi connectivity index (χ2v) is 7.87. The van der Waals surface area contributed by atoms with E-state index in [0.29, 0.717) is 5.69 Å². The summed E-state index contributed by atoms with van der Waals surface area (Å²) in [5, 5.41) is 0. The molecule has 2 aromatic rings. The summed E-state index contributed by atoms with van der Waals surface area (Å²) in [7, 11) is 0. The van der Waals surface area contributed by atoms with E-state index >= 15 is 0 Å². The van der Waals surface area contributed by atoms with Crippen LogP contribution in [0, 0.1) is 6.57 Å². The van der Waals surface area contributed by atoms with Crippen LogP contribution in [0.5, 0.6) is 0 Å². The highest BCUT2D eigenvalue weighted by atomic mass is 15.2. The van der Waals surface area contributed by atoms with Gasteiger partial charge in [0.05, 0.1) is 6.57 Å². The summed E-state index contributed by atoms with van der Waals surface area (Å²) in [4.78, 5) is 6.19. The SMILES string of the molecule is [C-]#[N+]c1cccc(-c2ccc(C3(N)CCN(C4CCCC4)CC3)cc2)c1. The first-order valence-corrected chi connectivity index (χ1v) is 9.79. The molecule has 0 atom stereocenters. The average Bonchev–Trinajstić information content (AvgIpc) is 3.23. The Labute approximate surface area is 156 Å². The van der Waals surface area contributed by atoms with Crippen LogP contribution < -0.4 is 5.73 Å². The lowest BCUT2D eigenvalue weighted by Gasteiger charge is -2.42. The van der Waals surface area contributed by atoms with Gasteiger partial charge < -0.3 is 10.6 Å². The molecule has 134 valence electrons. The van der Waals surface area contributed by atoms with Gasteiger partial charge in [0.2, 0.25) is 0 Å². The molecular weight excluding hydrogens is 318 g/mol. The Morgan fingerprint density at radius 3 is 2.31 bits per heavy atom. The second-order valence-electron chi connectivity index (χ2n) is 7.87. The molecule has 0 unspecified atom stereocenters. The van der Waals surface area contributed by atoms with E-state index in [2.05, 4.69) is 40.1 Å². The molecule has 2 fully saturated rings. The van der Waals surface area contributed by atoms with E-state index in [-0.39, 0.29) is 5.54 Å². The molecule has 2 N–H and O–H groups in total. The third kappa shape index (κ3) is 3.40. The number of hydrogen-bond donors (Lipinski definition) is 1. The van der Waals surface area contributed by atoms with Crippen molar-refractivity contribution in [3.8, 4) is 11.1 Å². The lowest BCUT2D eigenvalue weighted by Crippen LogP contribution is -2.50. The van der Waals surface area contributed by atoms with E-state index in [1.807, 2.05) is 18.2 Å². The highest BCUT2D eigenvalue weighted by molar-refractivity contribution is 5.68. The Balaban J connectivity index is 1.47. The highest BCUT2D eigenvalue weighted by Crippen LogP contribution is 2.35. The third-order valence-corrected chi connectivity index (χ3v) is 6.30. The first-order valence-electron chi connectivity index (χ1n) is 9.79. The summed E-state index contributed by atoms with van der Waals surface area (Å²) >= 11 is 0. The molecule has 1 aliphatic heterocycles. The van der Waals surface area contributed by atoms with Crippen molar-refractivity contribution in [1.29, 1.82) is 0 Å². The standard InChI is InChI=1S/C23H27N3/c1-25-21-6-4-5-19(17-21)18-9-11-20(12-10-18)23(24)13-15-26(16-14-23)22-7-2-3-8-22/h4-6,9-12,17,22H,2-3,7-8,13-16,24H2. The number of nitrogens with zero attached hydrogens (tertiary/aromatic N) is 2. The fourth-order valence-electron chi connectivity index (χ4n) is 4.60. The maximum Gasteiger partial charge on any atom is 0.187 e. The molecule has 2 aliphatic rings. The lowest BCUT2D eigenvalue weighted by molar-refractivity contribution is 0.118. The molecule has 1 heterocycles. The fraction of sp³-hybridized carbons (Fsp3) is 0.435. The molecule has 3 heteroatoms. The smallest absolute Gasteiger partial charge is 0.187 e. The number of nitrogens with two attached hydrogens (primary N) is 1. The maximum atomic E-state index is 7.18. The summed E-state index contributed by atoms with van der Waals surface area (Å²) < 4.78 is 0. The Kier molecular flexibility index (Phi) is 4.80. The number of hydrogen-bond acceptors (Lipinski definition) is 2. The van der Waals surface area contributed by atoms with Gasteiger partial charge in [-0.05, 0) is 48.4 Å².